The Balaban J connectivity index is 1.88. The SMILES string of the molecule is CCN(CC)CCNC(=O)c1cccc(NCc2ccc(C(=O)O)cc2)c1. The lowest BCUT2D eigenvalue weighted by Crippen LogP contribution is -2.34. The molecule has 0 radical (unpaired) electrons. The van der Waals surface area contributed by atoms with E-state index in [0.29, 0.717) is 18.7 Å². The second-order valence-corrected chi connectivity index (χ2v) is 6.22. The van der Waals surface area contributed by atoms with Crippen molar-refractivity contribution < 1.29 is 14.7 Å². The Bertz CT molecular complexity index is 756. The quantitative estimate of drug-likeness (QED) is 0.600. The number of amides is 1. The van der Waals surface area contributed by atoms with Crippen molar-refractivity contribution in [3.8, 4) is 0 Å². The molecule has 144 valence electrons. The van der Waals surface area contributed by atoms with Crippen LogP contribution in [0.4, 0.5) is 5.69 Å². The average molecular weight is 369 g/mol. The maximum Gasteiger partial charge on any atom is 0.335 e. The molecule has 2 aromatic carbocycles. The number of hydrogen-bond donors (Lipinski definition) is 3. The smallest absolute Gasteiger partial charge is 0.335 e. The first-order chi connectivity index (χ1) is 13.0. The van der Waals surface area contributed by atoms with Gasteiger partial charge in [0.2, 0.25) is 0 Å². The molecule has 1 amide bonds. The predicted octanol–water partition coefficient (Wildman–Crippen LogP) is 3.07. The summed E-state index contributed by atoms with van der Waals surface area (Å²) in [5.41, 5.74) is 2.69. The Labute approximate surface area is 160 Å². The zero-order chi connectivity index (χ0) is 19.6. The number of carboxylic acids is 1. The Morgan fingerprint density at radius 1 is 1.00 bits per heavy atom. The summed E-state index contributed by atoms with van der Waals surface area (Å²) in [6.45, 7) is 8.16. The third-order valence-corrected chi connectivity index (χ3v) is 4.43. The van der Waals surface area contributed by atoms with E-state index in [0.717, 1.165) is 30.9 Å². The molecule has 6 nitrogen and oxygen atoms in total. The van der Waals surface area contributed by atoms with Gasteiger partial charge in [0.05, 0.1) is 5.56 Å². The number of rotatable bonds is 10. The number of aromatic carboxylic acids is 1. The Morgan fingerprint density at radius 3 is 2.33 bits per heavy atom. The van der Waals surface area contributed by atoms with E-state index in [1.807, 2.05) is 18.2 Å². The van der Waals surface area contributed by atoms with Gasteiger partial charge in [-0.25, -0.2) is 4.79 Å². The van der Waals surface area contributed by atoms with Crippen molar-refractivity contribution in [1.82, 2.24) is 10.2 Å². The summed E-state index contributed by atoms with van der Waals surface area (Å²) < 4.78 is 0. The molecular weight excluding hydrogens is 342 g/mol. The maximum atomic E-state index is 12.3. The van der Waals surface area contributed by atoms with Crippen molar-refractivity contribution >= 4 is 17.6 Å². The lowest BCUT2D eigenvalue weighted by molar-refractivity contribution is 0.0696. The van der Waals surface area contributed by atoms with Crippen molar-refractivity contribution in [3.63, 3.8) is 0 Å². The van der Waals surface area contributed by atoms with Gasteiger partial charge >= 0.3 is 5.97 Å². The van der Waals surface area contributed by atoms with Crippen molar-refractivity contribution in [3.05, 3.63) is 65.2 Å². The van der Waals surface area contributed by atoms with Crippen LogP contribution in [0.25, 0.3) is 0 Å². The third-order valence-electron chi connectivity index (χ3n) is 4.43. The molecule has 0 aliphatic heterocycles. The number of hydrogen-bond acceptors (Lipinski definition) is 4. The van der Waals surface area contributed by atoms with E-state index >= 15 is 0 Å². The molecule has 0 bridgehead atoms. The summed E-state index contributed by atoms with van der Waals surface area (Å²) in [6.07, 6.45) is 0. The number of benzene rings is 2. The fourth-order valence-electron chi connectivity index (χ4n) is 2.71. The molecule has 0 fully saturated rings. The summed E-state index contributed by atoms with van der Waals surface area (Å²) in [6, 6.07) is 14.1. The van der Waals surface area contributed by atoms with E-state index in [1.54, 1.807) is 30.3 Å². The molecule has 0 aliphatic rings. The molecule has 3 N–H and O–H groups in total. The van der Waals surface area contributed by atoms with Crippen molar-refractivity contribution in [1.29, 1.82) is 0 Å². The van der Waals surface area contributed by atoms with Crippen LogP contribution in [0.3, 0.4) is 0 Å². The first kappa shape index (κ1) is 20.5. The molecule has 0 aliphatic carbocycles. The second-order valence-electron chi connectivity index (χ2n) is 6.22. The highest BCUT2D eigenvalue weighted by molar-refractivity contribution is 5.95. The summed E-state index contributed by atoms with van der Waals surface area (Å²) in [5.74, 6) is -1.02. The van der Waals surface area contributed by atoms with Crippen molar-refractivity contribution in [2.75, 3.05) is 31.5 Å². The molecule has 0 spiro atoms. The number of anilines is 1. The summed E-state index contributed by atoms with van der Waals surface area (Å²) in [4.78, 5) is 25.5. The monoisotopic (exact) mass is 369 g/mol. The molecule has 27 heavy (non-hydrogen) atoms. The van der Waals surface area contributed by atoms with Crippen molar-refractivity contribution in [2.45, 2.75) is 20.4 Å². The minimum absolute atomic E-state index is 0.0865. The maximum absolute atomic E-state index is 12.3. The van der Waals surface area contributed by atoms with E-state index in [4.69, 9.17) is 5.11 Å². The van der Waals surface area contributed by atoms with Crippen molar-refractivity contribution in [2.24, 2.45) is 0 Å². The van der Waals surface area contributed by atoms with Crippen LogP contribution in [0.15, 0.2) is 48.5 Å². The van der Waals surface area contributed by atoms with Gasteiger partial charge in [-0.05, 0) is 49.0 Å². The lowest BCUT2D eigenvalue weighted by atomic mass is 10.1. The standard InChI is InChI=1S/C21H27N3O3/c1-3-24(4-2)13-12-22-20(25)18-6-5-7-19(14-18)23-15-16-8-10-17(11-9-16)21(26)27/h5-11,14,23H,3-4,12-13,15H2,1-2H3,(H,22,25)(H,26,27). The van der Waals surface area contributed by atoms with Gasteiger partial charge < -0.3 is 20.6 Å². The van der Waals surface area contributed by atoms with Crippen LogP contribution < -0.4 is 10.6 Å². The number of carboxylic acid groups (broad SMARTS) is 1. The predicted molar refractivity (Wildman–Crippen MR) is 107 cm³/mol. The zero-order valence-electron chi connectivity index (χ0n) is 15.9. The number of likely N-dealkylation sites (N-methyl/N-ethyl adjacent to an activating group) is 1. The van der Waals surface area contributed by atoms with Gasteiger partial charge in [-0.3, -0.25) is 4.79 Å². The first-order valence-corrected chi connectivity index (χ1v) is 9.20. The Hall–Kier alpha value is -2.86. The fraction of sp³-hybridized carbons (Fsp3) is 0.333. The molecule has 0 heterocycles. The van der Waals surface area contributed by atoms with Crippen LogP contribution in [0.5, 0.6) is 0 Å². The molecular formula is C21H27N3O3. The molecule has 0 unspecified atom stereocenters. The fourth-order valence-corrected chi connectivity index (χ4v) is 2.71. The highest BCUT2D eigenvalue weighted by Gasteiger charge is 2.07. The first-order valence-electron chi connectivity index (χ1n) is 9.20. The van der Waals surface area contributed by atoms with Gasteiger partial charge in [0.25, 0.3) is 5.91 Å². The van der Waals surface area contributed by atoms with Gasteiger partial charge in [0, 0.05) is 30.9 Å². The zero-order valence-corrected chi connectivity index (χ0v) is 15.9. The lowest BCUT2D eigenvalue weighted by Gasteiger charge is -2.18. The Morgan fingerprint density at radius 2 is 1.70 bits per heavy atom. The normalized spacial score (nSPS) is 10.6. The van der Waals surface area contributed by atoms with Crippen LogP contribution in [-0.4, -0.2) is 48.1 Å². The molecule has 0 saturated carbocycles. The second kappa shape index (κ2) is 10.3. The Kier molecular flexibility index (Phi) is 7.82. The molecule has 2 rings (SSSR count). The third kappa shape index (κ3) is 6.42. The molecule has 0 aromatic heterocycles. The summed E-state index contributed by atoms with van der Waals surface area (Å²) in [5, 5.41) is 15.1. The molecule has 6 heteroatoms. The van der Waals surface area contributed by atoms with Gasteiger partial charge in [-0.1, -0.05) is 32.0 Å². The van der Waals surface area contributed by atoms with Gasteiger partial charge in [-0.2, -0.15) is 0 Å². The summed E-state index contributed by atoms with van der Waals surface area (Å²) in [7, 11) is 0. The van der Waals surface area contributed by atoms with E-state index < -0.39 is 5.97 Å². The van der Waals surface area contributed by atoms with Gasteiger partial charge in [0.1, 0.15) is 0 Å². The van der Waals surface area contributed by atoms with Gasteiger partial charge in [0.15, 0.2) is 0 Å². The minimum Gasteiger partial charge on any atom is -0.478 e. The summed E-state index contributed by atoms with van der Waals surface area (Å²) >= 11 is 0. The molecule has 0 atom stereocenters. The van der Waals surface area contributed by atoms with E-state index in [2.05, 4.69) is 29.4 Å². The minimum atomic E-state index is -0.936. The van der Waals surface area contributed by atoms with Crippen LogP contribution >= 0.6 is 0 Å². The van der Waals surface area contributed by atoms with E-state index in [1.165, 1.54) is 0 Å². The van der Waals surface area contributed by atoms with Crippen LogP contribution in [0, 0.1) is 0 Å². The van der Waals surface area contributed by atoms with E-state index in [-0.39, 0.29) is 11.5 Å². The van der Waals surface area contributed by atoms with Crippen LogP contribution in [-0.2, 0) is 6.54 Å². The largest absolute Gasteiger partial charge is 0.478 e. The number of nitrogens with zero attached hydrogens (tertiary/aromatic N) is 1. The molecule has 0 saturated heterocycles. The van der Waals surface area contributed by atoms with Crippen LogP contribution in [0.1, 0.15) is 40.1 Å². The number of nitrogens with one attached hydrogen (secondary N) is 2. The van der Waals surface area contributed by atoms with Crippen LogP contribution in [0.2, 0.25) is 0 Å². The number of carbonyl (C=O) groups is 2. The van der Waals surface area contributed by atoms with E-state index in [9.17, 15) is 9.59 Å². The number of carbonyl (C=O) groups excluding carboxylic acids is 1. The highest BCUT2D eigenvalue weighted by atomic mass is 16.4. The van der Waals surface area contributed by atoms with Gasteiger partial charge in [-0.15, -0.1) is 0 Å². The highest BCUT2D eigenvalue weighted by Crippen LogP contribution is 2.13. The topological polar surface area (TPSA) is 81.7 Å². The average Bonchev–Trinajstić information content (AvgIpc) is 2.70. The molecule has 2 aromatic rings.